The Morgan fingerprint density at radius 1 is 1.43 bits per heavy atom. The van der Waals surface area contributed by atoms with E-state index >= 15 is 0 Å². The van der Waals surface area contributed by atoms with Crippen LogP contribution in [-0.2, 0) is 6.54 Å². The first kappa shape index (κ1) is 8.90. The molecule has 0 aliphatic rings. The number of hydrogen-bond donors (Lipinski definition) is 2. The van der Waals surface area contributed by atoms with Crippen LogP contribution in [0.15, 0.2) is 24.5 Å². The van der Waals surface area contributed by atoms with Crippen molar-refractivity contribution < 1.29 is 0 Å². The summed E-state index contributed by atoms with van der Waals surface area (Å²) in [5.41, 5.74) is 8.43. The molecule has 0 aliphatic carbocycles. The first-order chi connectivity index (χ1) is 6.79. The van der Waals surface area contributed by atoms with Crippen molar-refractivity contribution in [2.75, 3.05) is 0 Å². The second-order valence-electron chi connectivity index (χ2n) is 3.11. The molecule has 2 heterocycles. The van der Waals surface area contributed by atoms with Gasteiger partial charge in [-0.3, -0.25) is 0 Å². The minimum absolute atomic E-state index is 0.374. The standard InChI is InChI=1S/C10H12N4/c1-7-4-9(8-2-3-12-6-8)14-10(5-11)13-7/h2-4,6,12H,5,11H2,1H3. The van der Waals surface area contributed by atoms with Crippen LogP contribution in [0, 0.1) is 6.92 Å². The Hall–Kier alpha value is -1.68. The van der Waals surface area contributed by atoms with Gasteiger partial charge in [0.15, 0.2) is 0 Å². The number of nitrogens with one attached hydrogen (secondary N) is 1. The number of rotatable bonds is 2. The van der Waals surface area contributed by atoms with E-state index in [9.17, 15) is 0 Å². The third kappa shape index (κ3) is 1.65. The third-order valence-corrected chi connectivity index (χ3v) is 1.98. The topological polar surface area (TPSA) is 67.6 Å². The summed E-state index contributed by atoms with van der Waals surface area (Å²) in [6, 6.07) is 3.92. The van der Waals surface area contributed by atoms with Crippen molar-refractivity contribution in [1.82, 2.24) is 15.0 Å². The summed E-state index contributed by atoms with van der Waals surface area (Å²) < 4.78 is 0. The van der Waals surface area contributed by atoms with Crippen LogP contribution in [0.5, 0.6) is 0 Å². The van der Waals surface area contributed by atoms with Crippen LogP contribution in [0.4, 0.5) is 0 Å². The predicted molar refractivity (Wildman–Crippen MR) is 54.4 cm³/mol. The van der Waals surface area contributed by atoms with Crippen molar-refractivity contribution in [3.63, 3.8) is 0 Å². The van der Waals surface area contributed by atoms with Crippen molar-refractivity contribution in [2.24, 2.45) is 5.73 Å². The summed E-state index contributed by atoms with van der Waals surface area (Å²) in [7, 11) is 0. The van der Waals surface area contributed by atoms with E-state index in [0.717, 1.165) is 17.0 Å². The predicted octanol–water partition coefficient (Wildman–Crippen LogP) is 1.24. The summed E-state index contributed by atoms with van der Waals surface area (Å²) in [6.45, 7) is 2.32. The number of nitrogens with zero attached hydrogens (tertiary/aromatic N) is 2. The van der Waals surface area contributed by atoms with Crippen LogP contribution < -0.4 is 5.73 Å². The molecule has 0 fully saturated rings. The molecule has 0 atom stereocenters. The Bertz CT molecular complexity index is 420. The largest absolute Gasteiger partial charge is 0.367 e. The Morgan fingerprint density at radius 2 is 2.29 bits per heavy atom. The molecule has 0 unspecified atom stereocenters. The smallest absolute Gasteiger partial charge is 0.142 e. The number of aryl methyl sites for hydroxylation is 1. The van der Waals surface area contributed by atoms with Crippen LogP contribution in [-0.4, -0.2) is 15.0 Å². The van der Waals surface area contributed by atoms with Crippen LogP contribution in [0.25, 0.3) is 11.3 Å². The molecular weight excluding hydrogens is 176 g/mol. The number of aromatic nitrogens is 3. The fourth-order valence-electron chi connectivity index (χ4n) is 1.35. The van der Waals surface area contributed by atoms with E-state index in [-0.39, 0.29) is 0 Å². The van der Waals surface area contributed by atoms with E-state index in [2.05, 4.69) is 15.0 Å². The molecule has 2 aromatic heterocycles. The molecule has 14 heavy (non-hydrogen) atoms. The number of nitrogens with two attached hydrogens (primary N) is 1. The zero-order valence-electron chi connectivity index (χ0n) is 7.99. The van der Waals surface area contributed by atoms with Gasteiger partial charge in [-0.1, -0.05) is 0 Å². The van der Waals surface area contributed by atoms with Gasteiger partial charge in [-0.25, -0.2) is 9.97 Å². The van der Waals surface area contributed by atoms with Crippen molar-refractivity contribution in [2.45, 2.75) is 13.5 Å². The minimum atomic E-state index is 0.374. The zero-order valence-corrected chi connectivity index (χ0v) is 7.99. The lowest BCUT2D eigenvalue weighted by atomic mass is 10.2. The highest BCUT2D eigenvalue weighted by molar-refractivity contribution is 5.58. The van der Waals surface area contributed by atoms with Crippen molar-refractivity contribution >= 4 is 0 Å². The monoisotopic (exact) mass is 188 g/mol. The maximum Gasteiger partial charge on any atom is 0.142 e. The maximum absolute atomic E-state index is 5.51. The van der Waals surface area contributed by atoms with E-state index < -0.39 is 0 Å². The van der Waals surface area contributed by atoms with Gasteiger partial charge in [0.25, 0.3) is 0 Å². The Labute approximate surface area is 82.2 Å². The first-order valence-electron chi connectivity index (χ1n) is 4.47. The molecule has 0 radical (unpaired) electrons. The number of aromatic amines is 1. The molecule has 0 saturated heterocycles. The second-order valence-corrected chi connectivity index (χ2v) is 3.11. The van der Waals surface area contributed by atoms with E-state index in [0.29, 0.717) is 12.4 Å². The summed E-state index contributed by atoms with van der Waals surface area (Å²) in [5, 5.41) is 0. The van der Waals surface area contributed by atoms with Crippen LogP contribution >= 0.6 is 0 Å². The van der Waals surface area contributed by atoms with Gasteiger partial charge in [0.2, 0.25) is 0 Å². The average Bonchev–Trinajstić information content (AvgIpc) is 2.69. The fourth-order valence-corrected chi connectivity index (χ4v) is 1.35. The zero-order chi connectivity index (χ0) is 9.97. The normalized spacial score (nSPS) is 10.4. The second kappa shape index (κ2) is 3.59. The highest BCUT2D eigenvalue weighted by Crippen LogP contribution is 2.16. The maximum atomic E-state index is 5.51. The van der Waals surface area contributed by atoms with Crippen LogP contribution in [0.2, 0.25) is 0 Å². The van der Waals surface area contributed by atoms with Gasteiger partial charge >= 0.3 is 0 Å². The van der Waals surface area contributed by atoms with Gasteiger partial charge in [0.1, 0.15) is 5.82 Å². The SMILES string of the molecule is Cc1cc(-c2cc[nH]c2)nc(CN)n1. The highest BCUT2D eigenvalue weighted by atomic mass is 14.9. The fraction of sp³-hybridized carbons (Fsp3) is 0.200. The molecule has 0 amide bonds. The molecule has 3 N–H and O–H groups in total. The first-order valence-corrected chi connectivity index (χ1v) is 4.47. The molecular formula is C10H12N4. The summed E-state index contributed by atoms with van der Waals surface area (Å²) in [6.07, 6.45) is 3.77. The summed E-state index contributed by atoms with van der Waals surface area (Å²) in [5.74, 6) is 0.682. The molecule has 72 valence electrons. The lowest BCUT2D eigenvalue weighted by Crippen LogP contribution is -2.04. The highest BCUT2D eigenvalue weighted by Gasteiger charge is 2.03. The molecule has 0 aliphatic heterocycles. The van der Waals surface area contributed by atoms with Gasteiger partial charge < -0.3 is 10.7 Å². The van der Waals surface area contributed by atoms with E-state index in [1.807, 2.05) is 31.5 Å². The molecule has 0 spiro atoms. The molecule has 2 aromatic rings. The molecule has 4 nitrogen and oxygen atoms in total. The van der Waals surface area contributed by atoms with E-state index in [4.69, 9.17) is 5.73 Å². The van der Waals surface area contributed by atoms with E-state index in [1.54, 1.807) is 0 Å². The third-order valence-electron chi connectivity index (χ3n) is 1.98. The summed E-state index contributed by atoms with van der Waals surface area (Å²) >= 11 is 0. The molecule has 0 aromatic carbocycles. The van der Waals surface area contributed by atoms with Gasteiger partial charge in [0, 0.05) is 23.7 Å². The molecule has 0 saturated carbocycles. The van der Waals surface area contributed by atoms with Crippen molar-refractivity contribution in [3.05, 3.63) is 36.0 Å². The van der Waals surface area contributed by atoms with Crippen LogP contribution in [0.1, 0.15) is 11.5 Å². The van der Waals surface area contributed by atoms with Gasteiger partial charge in [-0.2, -0.15) is 0 Å². The van der Waals surface area contributed by atoms with Gasteiger partial charge in [0.05, 0.1) is 12.2 Å². The minimum Gasteiger partial charge on any atom is -0.367 e. The Kier molecular flexibility index (Phi) is 2.28. The van der Waals surface area contributed by atoms with Gasteiger partial charge in [-0.15, -0.1) is 0 Å². The Balaban J connectivity index is 2.48. The Morgan fingerprint density at radius 3 is 2.93 bits per heavy atom. The lowest BCUT2D eigenvalue weighted by Gasteiger charge is -2.02. The number of hydrogen-bond acceptors (Lipinski definition) is 3. The average molecular weight is 188 g/mol. The molecule has 4 heteroatoms. The lowest BCUT2D eigenvalue weighted by molar-refractivity contribution is 0.894. The quantitative estimate of drug-likeness (QED) is 0.745. The number of H-pyrrole nitrogens is 1. The molecule has 2 rings (SSSR count). The van der Waals surface area contributed by atoms with Crippen molar-refractivity contribution in [1.29, 1.82) is 0 Å². The molecule has 0 bridgehead atoms. The van der Waals surface area contributed by atoms with Gasteiger partial charge in [-0.05, 0) is 19.1 Å². The van der Waals surface area contributed by atoms with Crippen LogP contribution in [0.3, 0.4) is 0 Å². The van der Waals surface area contributed by atoms with Crippen molar-refractivity contribution in [3.8, 4) is 11.3 Å². The summed E-state index contributed by atoms with van der Waals surface area (Å²) in [4.78, 5) is 11.5. The van der Waals surface area contributed by atoms with E-state index in [1.165, 1.54) is 0 Å².